The van der Waals surface area contributed by atoms with Crippen LogP contribution >= 0.6 is 0 Å². The number of fused-ring (bicyclic) bond motifs is 1. The monoisotopic (exact) mass is 666 g/mol. The van der Waals surface area contributed by atoms with Crippen LogP contribution in [0.4, 0.5) is 5.69 Å². The molecule has 0 aliphatic heterocycles. The third kappa shape index (κ3) is 6.60. The SMILES string of the molecule is CNc1ccc(OCCCC(C)(C)N)cc1C(=N)c1cnc2c(n1)c(C(=O)OC)cn2C(c1ccccc1)(c1ccccc1)c1ccccc1. The number of ether oxygens (including phenoxy) is 2. The molecule has 9 heteroatoms. The van der Waals surface area contributed by atoms with Crippen LogP contribution in [0.3, 0.4) is 0 Å². The zero-order valence-corrected chi connectivity index (χ0v) is 28.8. The Morgan fingerprint density at radius 3 is 1.98 bits per heavy atom. The number of carbonyl (C=O) groups is 1. The van der Waals surface area contributed by atoms with Crippen LogP contribution < -0.4 is 15.8 Å². The molecule has 0 aliphatic rings. The Morgan fingerprint density at radius 2 is 1.46 bits per heavy atom. The molecule has 6 aromatic rings. The molecule has 0 bridgehead atoms. The van der Waals surface area contributed by atoms with Gasteiger partial charge in [0.25, 0.3) is 0 Å². The van der Waals surface area contributed by atoms with Crippen LogP contribution in [-0.2, 0) is 10.3 Å². The average molecular weight is 667 g/mol. The van der Waals surface area contributed by atoms with Gasteiger partial charge in [-0.05, 0) is 61.6 Å². The van der Waals surface area contributed by atoms with Gasteiger partial charge in [-0.15, -0.1) is 0 Å². The summed E-state index contributed by atoms with van der Waals surface area (Å²) in [5.41, 5.74) is 10.6. The lowest BCUT2D eigenvalue weighted by molar-refractivity contribution is 0.0602. The number of aromatic nitrogens is 3. The maximum absolute atomic E-state index is 13.5. The highest BCUT2D eigenvalue weighted by atomic mass is 16.5. The van der Waals surface area contributed by atoms with Gasteiger partial charge in [-0.1, -0.05) is 91.0 Å². The van der Waals surface area contributed by atoms with Gasteiger partial charge in [0.2, 0.25) is 0 Å². The van der Waals surface area contributed by atoms with E-state index in [1.807, 2.05) is 91.2 Å². The van der Waals surface area contributed by atoms with E-state index in [9.17, 15) is 10.2 Å². The van der Waals surface area contributed by atoms with Crippen LogP contribution in [0.15, 0.2) is 122 Å². The first-order valence-corrected chi connectivity index (χ1v) is 16.6. The van der Waals surface area contributed by atoms with Crippen LogP contribution in [0.2, 0.25) is 0 Å². The van der Waals surface area contributed by atoms with Crippen molar-refractivity contribution >= 4 is 28.5 Å². The van der Waals surface area contributed by atoms with Crippen LogP contribution in [-0.4, -0.2) is 52.5 Å². The molecule has 0 radical (unpaired) electrons. The molecule has 0 atom stereocenters. The number of carbonyl (C=O) groups excluding carboxylic acids is 1. The van der Waals surface area contributed by atoms with Crippen LogP contribution in [0, 0.1) is 5.41 Å². The smallest absolute Gasteiger partial charge is 0.341 e. The summed E-state index contributed by atoms with van der Waals surface area (Å²) >= 11 is 0. The van der Waals surface area contributed by atoms with Crippen molar-refractivity contribution in [2.24, 2.45) is 5.73 Å². The molecule has 6 rings (SSSR count). The zero-order valence-electron chi connectivity index (χ0n) is 28.8. The Morgan fingerprint density at radius 1 is 0.880 bits per heavy atom. The summed E-state index contributed by atoms with van der Waals surface area (Å²) in [7, 11) is 3.15. The molecular formula is C41H42N6O3. The number of nitrogens with zero attached hydrogens (tertiary/aromatic N) is 3. The van der Waals surface area contributed by atoms with Gasteiger partial charge in [-0.25, -0.2) is 14.8 Å². The Kier molecular flexibility index (Phi) is 9.79. The first-order valence-electron chi connectivity index (χ1n) is 16.6. The van der Waals surface area contributed by atoms with E-state index >= 15 is 0 Å². The molecule has 0 amide bonds. The van der Waals surface area contributed by atoms with E-state index < -0.39 is 11.5 Å². The van der Waals surface area contributed by atoms with Crippen molar-refractivity contribution in [3.05, 3.63) is 155 Å². The highest BCUT2D eigenvalue weighted by molar-refractivity contribution is 6.14. The molecule has 4 aromatic carbocycles. The predicted octanol–water partition coefficient (Wildman–Crippen LogP) is 7.41. The van der Waals surface area contributed by atoms with E-state index in [-0.39, 0.29) is 16.8 Å². The minimum absolute atomic E-state index is 0.126. The molecule has 50 heavy (non-hydrogen) atoms. The number of hydrogen-bond donors (Lipinski definition) is 3. The average Bonchev–Trinajstić information content (AvgIpc) is 3.53. The molecule has 0 saturated carbocycles. The molecule has 9 nitrogen and oxygen atoms in total. The molecule has 2 aromatic heterocycles. The number of nitrogens with two attached hydrogens (primary N) is 1. The second kappa shape index (κ2) is 14.4. The molecule has 4 N–H and O–H groups in total. The van der Waals surface area contributed by atoms with E-state index in [2.05, 4.69) is 41.7 Å². The highest BCUT2D eigenvalue weighted by Crippen LogP contribution is 2.43. The fraction of sp³-hybridized carbons (Fsp3) is 0.220. The lowest BCUT2D eigenvalue weighted by Crippen LogP contribution is -2.37. The largest absolute Gasteiger partial charge is 0.494 e. The quantitative estimate of drug-likeness (QED) is 0.0507. The fourth-order valence-electron chi connectivity index (χ4n) is 6.48. The standard InChI is InChI=1S/C41H42N6O3/c1-40(2,43)23-14-24-50-31-21-22-34(44-3)32(25-31)36(42)35-26-45-38-37(46-35)33(39(48)49-4)27-47(38)41(28-15-8-5-9-16-28,29-17-10-6-11-18-29)30-19-12-7-13-20-30/h5-13,15-22,25-27,42,44H,14,23-24,43H2,1-4H3. The van der Waals surface area contributed by atoms with Crippen LogP contribution in [0.1, 0.15) is 65.0 Å². The lowest BCUT2D eigenvalue weighted by Gasteiger charge is -2.38. The lowest BCUT2D eigenvalue weighted by atomic mass is 9.76. The molecule has 0 spiro atoms. The summed E-state index contributed by atoms with van der Waals surface area (Å²) in [6, 6.07) is 36.0. The van der Waals surface area contributed by atoms with Gasteiger partial charge in [0.15, 0.2) is 5.65 Å². The fourth-order valence-corrected chi connectivity index (χ4v) is 6.48. The molecular weight excluding hydrogens is 624 g/mol. The number of rotatable bonds is 13. The number of nitrogens with one attached hydrogen (secondary N) is 2. The maximum Gasteiger partial charge on any atom is 0.341 e. The summed E-state index contributed by atoms with van der Waals surface area (Å²) in [5.74, 6) is 0.0779. The van der Waals surface area contributed by atoms with Gasteiger partial charge in [0.1, 0.15) is 28.1 Å². The van der Waals surface area contributed by atoms with Crippen molar-refractivity contribution in [1.29, 1.82) is 5.41 Å². The Balaban J connectivity index is 1.52. The molecule has 0 unspecified atom stereocenters. The van der Waals surface area contributed by atoms with Crippen molar-refractivity contribution in [3.63, 3.8) is 0 Å². The summed E-state index contributed by atoms with van der Waals surface area (Å²) in [4.78, 5) is 23.4. The summed E-state index contributed by atoms with van der Waals surface area (Å²) in [6.07, 6.45) is 4.98. The Bertz CT molecular complexity index is 2010. The van der Waals surface area contributed by atoms with E-state index in [1.54, 1.807) is 19.4 Å². The molecule has 0 aliphatic carbocycles. The van der Waals surface area contributed by atoms with Crippen molar-refractivity contribution in [3.8, 4) is 5.75 Å². The van der Waals surface area contributed by atoms with Crippen molar-refractivity contribution in [1.82, 2.24) is 14.5 Å². The second-order valence-electron chi connectivity index (χ2n) is 12.9. The second-order valence-corrected chi connectivity index (χ2v) is 12.9. The summed E-state index contributed by atoms with van der Waals surface area (Å²) < 4.78 is 13.3. The number of esters is 1. The number of anilines is 1. The third-order valence-electron chi connectivity index (χ3n) is 8.86. The van der Waals surface area contributed by atoms with Crippen LogP contribution in [0.5, 0.6) is 5.75 Å². The summed E-state index contributed by atoms with van der Waals surface area (Å²) in [5, 5.41) is 12.5. The van der Waals surface area contributed by atoms with Crippen molar-refractivity contribution < 1.29 is 14.3 Å². The predicted molar refractivity (Wildman–Crippen MR) is 198 cm³/mol. The van der Waals surface area contributed by atoms with Gasteiger partial charge < -0.3 is 25.1 Å². The highest BCUT2D eigenvalue weighted by Gasteiger charge is 2.41. The summed E-state index contributed by atoms with van der Waals surface area (Å²) in [6.45, 7) is 4.49. The number of benzene rings is 4. The number of hydrogen-bond acceptors (Lipinski definition) is 8. The Hall–Kier alpha value is -5.80. The topological polar surface area (TPSA) is 128 Å². The van der Waals surface area contributed by atoms with Gasteiger partial charge in [-0.2, -0.15) is 0 Å². The van der Waals surface area contributed by atoms with E-state index in [0.29, 0.717) is 34.8 Å². The minimum Gasteiger partial charge on any atom is -0.494 e. The van der Waals surface area contributed by atoms with E-state index in [4.69, 9.17) is 25.2 Å². The van der Waals surface area contributed by atoms with Gasteiger partial charge >= 0.3 is 5.97 Å². The Labute approximate surface area is 292 Å². The molecule has 0 saturated heterocycles. The first-order chi connectivity index (χ1) is 24.2. The zero-order chi connectivity index (χ0) is 35.3. The molecule has 254 valence electrons. The van der Waals surface area contributed by atoms with E-state index in [1.165, 1.54) is 7.11 Å². The minimum atomic E-state index is -0.942. The number of methoxy groups -OCH3 is 1. The van der Waals surface area contributed by atoms with E-state index in [0.717, 1.165) is 35.2 Å². The molecule has 0 fully saturated rings. The molecule has 2 heterocycles. The van der Waals surface area contributed by atoms with Crippen LogP contribution in [0.25, 0.3) is 11.2 Å². The van der Waals surface area contributed by atoms with Crippen molar-refractivity contribution in [2.45, 2.75) is 37.8 Å². The van der Waals surface area contributed by atoms with Gasteiger partial charge in [0, 0.05) is 30.0 Å². The first kappa shape index (κ1) is 34.1. The normalized spacial score (nSPS) is 11.7. The van der Waals surface area contributed by atoms with Gasteiger partial charge in [-0.3, -0.25) is 5.41 Å². The van der Waals surface area contributed by atoms with Crippen molar-refractivity contribution in [2.75, 3.05) is 26.1 Å². The third-order valence-corrected chi connectivity index (χ3v) is 8.86. The maximum atomic E-state index is 13.5. The van der Waals surface area contributed by atoms with Gasteiger partial charge in [0.05, 0.1) is 25.6 Å².